The van der Waals surface area contributed by atoms with E-state index in [4.69, 9.17) is 0 Å². The molecule has 3 heterocycles. The lowest BCUT2D eigenvalue weighted by Crippen LogP contribution is -2.39. The Morgan fingerprint density at radius 2 is 2.03 bits per heavy atom. The highest BCUT2D eigenvalue weighted by molar-refractivity contribution is 6.04. The number of carbonyl (C=O) groups is 2. The minimum absolute atomic E-state index is 0.0707. The molecule has 7 nitrogen and oxygen atoms in total. The number of piperidine rings is 1. The first-order valence-electron chi connectivity index (χ1n) is 10.3. The van der Waals surface area contributed by atoms with E-state index in [1.807, 2.05) is 9.47 Å². The van der Waals surface area contributed by atoms with Gasteiger partial charge in [-0.15, -0.1) is 0 Å². The van der Waals surface area contributed by atoms with Gasteiger partial charge >= 0.3 is 0 Å². The van der Waals surface area contributed by atoms with Gasteiger partial charge in [-0.3, -0.25) is 9.59 Å². The number of nitriles is 1. The van der Waals surface area contributed by atoms with E-state index in [2.05, 4.69) is 23.3 Å². The molecule has 29 heavy (non-hydrogen) atoms. The molecule has 1 fully saturated rings. The van der Waals surface area contributed by atoms with E-state index in [0.29, 0.717) is 29.4 Å². The summed E-state index contributed by atoms with van der Waals surface area (Å²) in [5.74, 6) is 0.276. The molecule has 0 spiro atoms. The van der Waals surface area contributed by atoms with Crippen LogP contribution in [-0.2, 0) is 13.0 Å². The molecule has 1 unspecified atom stereocenters. The molecular formula is C22H25N5O2. The zero-order chi connectivity index (χ0) is 20.4. The topological polar surface area (TPSA) is 91.0 Å². The summed E-state index contributed by atoms with van der Waals surface area (Å²) in [7, 11) is 0. The van der Waals surface area contributed by atoms with E-state index in [-0.39, 0.29) is 17.6 Å². The van der Waals surface area contributed by atoms with Crippen LogP contribution in [0.4, 0.5) is 5.69 Å². The zero-order valence-electron chi connectivity index (χ0n) is 16.6. The molecule has 0 radical (unpaired) electrons. The molecule has 0 saturated carbocycles. The number of hydrogen-bond donors (Lipinski definition) is 1. The van der Waals surface area contributed by atoms with Crippen LogP contribution >= 0.6 is 0 Å². The molecule has 0 aliphatic carbocycles. The van der Waals surface area contributed by atoms with Crippen LogP contribution in [0.25, 0.3) is 0 Å². The zero-order valence-corrected chi connectivity index (χ0v) is 16.6. The fourth-order valence-electron chi connectivity index (χ4n) is 4.28. The summed E-state index contributed by atoms with van der Waals surface area (Å²) < 4.78 is 1.88. The molecule has 2 aliphatic rings. The lowest BCUT2D eigenvalue weighted by molar-refractivity contribution is 0.0676. The van der Waals surface area contributed by atoms with Crippen molar-refractivity contribution >= 4 is 17.5 Å². The van der Waals surface area contributed by atoms with Crippen molar-refractivity contribution in [1.82, 2.24) is 14.5 Å². The fourth-order valence-corrected chi connectivity index (χ4v) is 4.28. The van der Waals surface area contributed by atoms with Gasteiger partial charge in [-0.1, -0.05) is 19.1 Å². The molecule has 1 atom stereocenters. The number of hydrogen-bond acceptors (Lipinski definition) is 4. The smallest absolute Gasteiger partial charge is 0.291 e. The number of amides is 2. The van der Waals surface area contributed by atoms with E-state index >= 15 is 0 Å². The number of nitrogens with zero attached hydrogens (tertiary/aromatic N) is 4. The summed E-state index contributed by atoms with van der Waals surface area (Å²) in [6.45, 7) is 4.32. The number of benzene rings is 1. The Balaban J connectivity index is 1.65. The van der Waals surface area contributed by atoms with Crippen molar-refractivity contribution in [1.29, 1.82) is 5.26 Å². The minimum Gasteiger partial charge on any atom is -0.337 e. The van der Waals surface area contributed by atoms with Gasteiger partial charge in [0.15, 0.2) is 5.82 Å². The third kappa shape index (κ3) is 3.75. The third-order valence-corrected chi connectivity index (χ3v) is 5.76. The maximum Gasteiger partial charge on any atom is 0.291 e. The first kappa shape index (κ1) is 19.2. The van der Waals surface area contributed by atoms with Crippen LogP contribution in [0.3, 0.4) is 0 Å². The molecule has 2 aliphatic heterocycles. The summed E-state index contributed by atoms with van der Waals surface area (Å²) in [6.07, 6.45) is 4.82. The van der Waals surface area contributed by atoms with Gasteiger partial charge < -0.3 is 14.8 Å². The summed E-state index contributed by atoms with van der Waals surface area (Å²) in [4.78, 5) is 32.6. The van der Waals surface area contributed by atoms with Gasteiger partial charge in [0, 0.05) is 19.6 Å². The molecule has 1 saturated heterocycles. The standard InChI is InChI=1S/C22H25N5O2/c1-15-7-6-11-26(14-15)22(29)19-18-10-4-5-12-27(18)20(25-19)21(28)24-17-9-3-2-8-16(17)13-23/h2-3,8-9,15H,4-7,10-12,14H2,1H3,(H,24,28). The largest absolute Gasteiger partial charge is 0.337 e. The second-order valence-corrected chi connectivity index (χ2v) is 7.95. The van der Waals surface area contributed by atoms with Crippen LogP contribution < -0.4 is 5.32 Å². The van der Waals surface area contributed by atoms with Crippen LogP contribution in [-0.4, -0.2) is 39.4 Å². The van der Waals surface area contributed by atoms with E-state index < -0.39 is 0 Å². The predicted molar refractivity (Wildman–Crippen MR) is 109 cm³/mol. The van der Waals surface area contributed by atoms with Gasteiger partial charge in [-0.25, -0.2) is 4.98 Å². The number of imidazole rings is 1. The van der Waals surface area contributed by atoms with Crippen molar-refractivity contribution < 1.29 is 9.59 Å². The monoisotopic (exact) mass is 391 g/mol. The Bertz CT molecular complexity index is 988. The van der Waals surface area contributed by atoms with Crippen LogP contribution in [0.15, 0.2) is 24.3 Å². The van der Waals surface area contributed by atoms with Gasteiger partial charge in [-0.05, 0) is 50.2 Å². The number of fused-ring (bicyclic) bond motifs is 1. The molecule has 1 aromatic heterocycles. The van der Waals surface area contributed by atoms with E-state index in [9.17, 15) is 14.9 Å². The highest BCUT2D eigenvalue weighted by Gasteiger charge is 2.31. The normalized spacial score (nSPS) is 18.6. The molecule has 0 bridgehead atoms. The van der Waals surface area contributed by atoms with Crippen molar-refractivity contribution in [3.8, 4) is 6.07 Å². The lowest BCUT2D eigenvalue weighted by Gasteiger charge is -2.30. The van der Waals surface area contributed by atoms with Crippen molar-refractivity contribution in [3.63, 3.8) is 0 Å². The number of para-hydroxylation sites is 1. The molecular weight excluding hydrogens is 366 g/mol. The maximum absolute atomic E-state index is 13.2. The average Bonchev–Trinajstić information content (AvgIpc) is 3.13. The Morgan fingerprint density at radius 1 is 1.21 bits per heavy atom. The minimum atomic E-state index is -0.387. The number of carbonyl (C=O) groups excluding carboxylic acids is 2. The maximum atomic E-state index is 13.2. The predicted octanol–water partition coefficient (Wildman–Crippen LogP) is 3.22. The fraction of sp³-hybridized carbons (Fsp3) is 0.455. The molecule has 1 N–H and O–H groups in total. The van der Waals surface area contributed by atoms with Gasteiger partial charge in [0.2, 0.25) is 0 Å². The van der Waals surface area contributed by atoms with Crippen LogP contribution in [0.1, 0.15) is 65.0 Å². The van der Waals surface area contributed by atoms with Gasteiger partial charge in [0.25, 0.3) is 11.8 Å². The Labute approximate surface area is 170 Å². The number of nitrogens with one attached hydrogen (secondary N) is 1. The average molecular weight is 391 g/mol. The Kier molecular flexibility index (Phi) is 5.34. The SMILES string of the molecule is CC1CCCN(C(=O)c2nc(C(=O)Nc3ccccc3C#N)n3c2CCCC3)C1. The van der Waals surface area contributed by atoms with Crippen LogP contribution in [0.5, 0.6) is 0 Å². The number of likely N-dealkylation sites (tertiary alicyclic amines) is 1. The van der Waals surface area contributed by atoms with Gasteiger partial charge in [-0.2, -0.15) is 5.26 Å². The second-order valence-electron chi connectivity index (χ2n) is 7.95. The number of rotatable bonds is 3. The van der Waals surface area contributed by atoms with Gasteiger partial charge in [0.05, 0.1) is 16.9 Å². The summed E-state index contributed by atoms with van der Waals surface area (Å²) in [5.41, 5.74) is 2.12. The molecule has 2 amide bonds. The van der Waals surface area contributed by atoms with Crippen LogP contribution in [0.2, 0.25) is 0 Å². The highest BCUT2D eigenvalue weighted by atomic mass is 16.2. The van der Waals surface area contributed by atoms with E-state index in [1.165, 1.54) is 0 Å². The quantitative estimate of drug-likeness (QED) is 0.870. The molecule has 4 rings (SSSR count). The number of aromatic nitrogens is 2. The van der Waals surface area contributed by atoms with Crippen molar-refractivity contribution in [2.45, 2.75) is 45.6 Å². The van der Waals surface area contributed by atoms with Gasteiger partial charge in [0.1, 0.15) is 11.8 Å². The summed E-state index contributed by atoms with van der Waals surface area (Å²) >= 11 is 0. The van der Waals surface area contributed by atoms with Crippen LogP contribution in [0, 0.1) is 17.2 Å². The molecule has 7 heteroatoms. The Hall–Kier alpha value is -3.14. The third-order valence-electron chi connectivity index (χ3n) is 5.76. The van der Waals surface area contributed by atoms with E-state index in [0.717, 1.165) is 50.9 Å². The summed E-state index contributed by atoms with van der Waals surface area (Å²) in [5, 5.41) is 12.1. The van der Waals surface area contributed by atoms with Crippen molar-refractivity contribution in [3.05, 3.63) is 47.0 Å². The lowest BCUT2D eigenvalue weighted by atomic mass is 9.99. The molecule has 150 valence electrons. The first-order chi connectivity index (χ1) is 14.1. The van der Waals surface area contributed by atoms with Crippen molar-refractivity contribution in [2.75, 3.05) is 18.4 Å². The Morgan fingerprint density at radius 3 is 2.83 bits per heavy atom. The molecule has 1 aromatic carbocycles. The van der Waals surface area contributed by atoms with Crippen molar-refractivity contribution in [2.24, 2.45) is 5.92 Å². The second kappa shape index (κ2) is 8.08. The molecule has 2 aromatic rings. The highest BCUT2D eigenvalue weighted by Crippen LogP contribution is 2.25. The first-order valence-corrected chi connectivity index (χ1v) is 10.3. The van der Waals surface area contributed by atoms with E-state index in [1.54, 1.807) is 24.3 Å². The summed E-state index contributed by atoms with van der Waals surface area (Å²) in [6, 6.07) is 8.95. The number of anilines is 1.